The van der Waals surface area contributed by atoms with E-state index < -0.39 is 67.3 Å². The highest BCUT2D eigenvalue weighted by Crippen LogP contribution is 2.26. The standard InChI is InChI=1S/C71H112O12/c1-4-7-10-13-16-19-22-25-28-30-32-34-37-39-42-45-48-51-54-57-63(72)79-60-62(81-64(73)58-55-52-49-46-43-40-36-27-24-21-18-15-12-9-6-3)61-80-71-69(67(76)66(75)68(83-71)70(77)78)82-65(74)59-56-53-50-47-44-41-38-35-33-31-29-26-23-20-17-14-11-8-5-2/h7-8,10-11,16-17,19-20,25-29,32-36,39,42,48,51,62,66-69,71,75-76H,4-6,9,12-15,18,21-24,30-31,37-38,40-41,43-47,49-50,52-61H2,1-3H3,(H,77,78)/b10-7-,11-8-,19-16-,20-17-,28-25-,29-26-,34-32-,35-33-,36-27-,42-39-,51-48-. The van der Waals surface area contributed by atoms with Crippen LogP contribution in [-0.2, 0) is 42.9 Å². The predicted octanol–water partition coefficient (Wildman–Crippen LogP) is 17.3. The van der Waals surface area contributed by atoms with Crippen LogP contribution in [0.4, 0.5) is 0 Å². The minimum Gasteiger partial charge on any atom is -0.479 e. The maximum Gasteiger partial charge on any atom is 0.335 e. The number of carbonyl (C=O) groups is 4. The number of aliphatic hydroxyl groups is 2. The summed E-state index contributed by atoms with van der Waals surface area (Å²) in [4.78, 5) is 51.3. The van der Waals surface area contributed by atoms with Crippen molar-refractivity contribution in [3.8, 4) is 0 Å². The summed E-state index contributed by atoms with van der Waals surface area (Å²) in [6.45, 7) is 5.69. The topological polar surface area (TPSA) is 175 Å². The molecule has 0 aromatic heterocycles. The summed E-state index contributed by atoms with van der Waals surface area (Å²) in [6, 6.07) is 0. The van der Waals surface area contributed by atoms with Crippen LogP contribution in [0.25, 0.3) is 0 Å². The van der Waals surface area contributed by atoms with E-state index >= 15 is 0 Å². The quantitative estimate of drug-likeness (QED) is 0.0228. The molecule has 468 valence electrons. The van der Waals surface area contributed by atoms with Gasteiger partial charge in [0.2, 0.25) is 0 Å². The Morgan fingerprint density at radius 3 is 1.22 bits per heavy atom. The molecular formula is C71H112O12. The maximum absolute atomic E-state index is 13.2. The molecule has 6 atom stereocenters. The number of carboxylic acids is 1. The van der Waals surface area contributed by atoms with Gasteiger partial charge in [-0.25, -0.2) is 4.79 Å². The molecule has 1 heterocycles. The number of ether oxygens (including phenoxy) is 5. The lowest BCUT2D eigenvalue weighted by molar-refractivity contribution is -0.301. The zero-order valence-corrected chi connectivity index (χ0v) is 51.6. The molecule has 3 N–H and O–H groups in total. The molecule has 0 bridgehead atoms. The highest BCUT2D eigenvalue weighted by Gasteiger charge is 2.50. The van der Waals surface area contributed by atoms with Crippen LogP contribution in [0.15, 0.2) is 134 Å². The Balaban J connectivity index is 2.73. The molecule has 1 rings (SSSR count). The summed E-state index contributed by atoms with van der Waals surface area (Å²) in [5.74, 6) is -3.27. The first-order valence-electron chi connectivity index (χ1n) is 32.2. The third-order valence-corrected chi connectivity index (χ3v) is 13.7. The number of aliphatic carboxylic acids is 1. The van der Waals surface area contributed by atoms with Crippen molar-refractivity contribution in [1.29, 1.82) is 0 Å². The molecule has 6 unspecified atom stereocenters. The maximum atomic E-state index is 13.2. The van der Waals surface area contributed by atoms with Gasteiger partial charge in [-0.05, 0) is 122 Å². The Labute approximate surface area is 502 Å². The largest absolute Gasteiger partial charge is 0.479 e. The number of rotatable bonds is 53. The molecule has 0 aromatic carbocycles. The zero-order valence-electron chi connectivity index (χ0n) is 51.6. The van der Waals surface area contributed by atoms with Crippen molar-refractivity contribution in [2.24, 2.45) is 0 Å². The lowest BCUT2D eigenvalue weighted by Gasteiger charge is -2.40. The smallest absolute Gasteiger partial charge is 0.335 e. The fourth-order valence-corrected chi connectivity index (χ4v) is 8.85. The molecule has 0 radical (unpaired) electrons. The molecule has 83 heavy (non-hydrogen) atoms. The normalized spacial score (nSPS) is 18.5. The first kappa shape index (κ1) is 75.9. The fourth-order valence-electron chi connectivity index (χ4n) is 8.85. The monoisotopic (exact) mass is 1160 g/mol. The number of aliphatic hydroxyl groups excluding tert-OH is 2. The van der Waals surface area contributed by atoms with E-state index in [1.807, 2.05) is 12.2 Å². The second-order valence-electron chi connectivity index (χ2n) is 21.3. The van der Waals surface area contributed by atoms with Gasteiger partial charge in [0.25, 0.3) is 0 Å². The van der Waals surface area contributed by atoms with Crippen LogP contribution in [0.1, 0.15) is 239 Å². The highest BCUT2D eigenvalue weighted by atomic mass is 16.7. The average molecular weight is 1160 g/mol. The Morgan fingerprint density at radius 1 is 0.410 bits per heavy atom. The number of unbranched alkanes of at least 4 members (excludes halogenated alkanes) is 17. The minimum atomic E-state index is -1.93. The van der Waals surface area contributed by atoms with Crippen molar-refractivity contribution in [2.75, 3.05) is 13.2 Å². The summed E-state index contributed by atoms with van der Waals surface area (Å²) in [5.41, 5.74) is 0. The highest BCUT2D eigenvalue weighted by molar-refractivity contribution is 5.74. The lowest BCUT2D eigenvalue weighted by Crippen LogP contribution is -2.61. The first-order valence-corrected chi connectivity index (χ1v) is 32.2. The van der Waals surface area contributed by atoms with Crippen molar-refractivity contribution < 1.29 is 58.2 Å². The van der Waals surface area contributed by atoms with E-state index in [9.17, 15) is 34.5 Å². The Hall–Kier alpha value is -5.14. The van der Waals surface area contributed by atoms with E-state index in [1.165, 1.54) is 38.5 Å². The van der Waals surface area contributed by atoms with Gasteiger partial charge in [0, 0.05) is 19.3 Å². The molecule has 0 aliphatic carbocycles. The van der Waals surface area contributed by atoms with Crippen LogP contribution in [-0.4, -0.2) is 89.2 Å². The molecule has 12 heteroatoms. The molecule has 0 spiro atoms. The first-order chi connectivity index (χ1) is 40.6. The van der Waals surface area contributed by atoms with E-state index in [2.05, 4.69) is 142 Å². The van der Waals surface area contributed by atoms with E-state index in [0.29, 0.717) is 19.3 Å². The van der Waals surface area contributed by atoms with E-state index in [4.69, 9.17) is 23.7 Å². The Kier molecular flexibility index (Phi) is 52.4. The number of hydrogen-bond donors (Lipinski definition) is 3. The average Bonchev–Trinajstić information content (AvgIpc) is 3.57. The molecule has 0 aromatic rings. The van der Waals surface area contributed by atoms with Gasteiger partial charge < -0.3 is 39.0 Å². The number of carbonyl (C=O) groups excluding carboxylic acids is 3. The van der Waals surface area contributed by atoms with E-state index in [0.717, 1.165) is 141 Å². The Bertz CT molecular complexity index is 1950. The van der Waals surface area contributed by atoms with Crippen LogP contribution >= 0.6 is 0 Å². The number of carboxylic acid groups (broad SMARTS) is 1. The van der Waals surface area contributed by atoms with Crippen LogP contribution in [0.3, 0.4) is 0 Å². The molecule has 1 fully saturated rings. The summed E-state index contributed by atoms with van der Waals surface area (Å²) in [5, 5.41) is 31.6. The van der Waals surface area contributed by atoms with Crippen molar-refractivity contribution in [2.45, 2.75) is 276 Å². The van der Waals surface area contributed by atoms with Crippen LogP contribution in [0, 0.1) is 0 Å². The molecule has 1 aliphatic rings. The predicted molar refractivity (Wildman–Crippen MR) is 340 cm³/mol. The summed E-state index contributed by atoms with van der Waals surface area (Å²) >= 11 is 0. The SMILES string of the molecule is CC/C=C\C/C=C\C/C=C\C/C=C\C/C=C\C/C=C\CCC(=O)OCC(COC1OC(C(=O)O)C(O)C(O)C1OC(=O)CCCCCCCC/C=C\C/C=C\C/C=C\C/C=C\CC)OC(=O)CCCCCCC/C=C\CCCCCCCC. The van der Waals surface area contributed by atoms with E-state index in [-0.39, 0.29) is 25.9 Å². The fraction of sp³-hybridized carbons (Fsp3) is 0.634. The van der Waals surface area contributed by atoms with Gasteiger partial charge in [-0.3, -0.25) is 14.4 Å². The summed E-state index contributed by atoms with van der Waals surface area (Å²) in [7, 11) is 0. The third kappa shape index (κ3) is 46.9. The van der Waals surface area contributed by atoms with Crippen molar-refractivity contribution in [1.82, 2.24) is 0 Å². The van der Waals surface area contributed by atoms with Crippen molar-refractivity contribution >= 4 is 23.9 Å². The minimum absolute atomic E-state index is 0.0292. The van der Waals surface area contributed by atoms with Gasteiger partial charge in [-0.15, -0.1) is 0 Å². The molecule has 12 nitrogen and oxygen atoms in total. The summed E-state index contributed by atoms with van der Waals surface area (Å²) in [6.07, 6.45) is 68.5. The second-order valence-corrected chi connectivity index (χ2v) is 21.3. The van der Waals surface area contributed by atoms with Gasteiger partial charge in [0.1, 0.15) is 18.8 Å². The number of allylic oxidation sites excluding steroid dienone is 22. The zero-order chi connectivity index (χ0) is 60.3. The number of esters is 3. The number of hydrogen-bond acceptors (Lipinski definition) is 11. The van der Waals surface area contributed by atoms with Gasteiger partial charge in [-0.2, -0.15) is 0 Å². The second kappa shape index (κ2) is 57.3. The Morgan fingerprint density at radius 2 is 0.783 bits per heavy atom. The van der Waals surface area contributed by atoms with Gasteiger partial charge in [0.15, 0.2) is 24.6 Å². The lowest BCUT2D eigenvalue weighted by atomic mass is 9.98. The van der Waals surface area contributed by atoms with Crippen LogP contribution in [0.5, 0.6) is 0 Å². The van der Waals surface area contributed by atoms with Gasteiger partial charge in [0.05, 0.1) is 6.61 Å². The molecular weight excluding hydrogens is 1040 g/mol. The summed E-state index contributed by atoms with van der Waals surface area (Å²) < 4.78 is 28.4. The van der Waals surface area contributed by atoms with Crippen LogP contribution < -0.4 is 0 Å². The van der Waals surface area contributed by atoms with Crippen molar-refractivity contribution in [3.63, 3.8) is 0 Å². The van der Waals surface area contributed by atoms with E-state index in [1.54, 1.807) is 0 Å². The molecule has 0 saturated carbocycles. The molecule has 1 saturated heterocycles. The van der Waals surface area contributed by atoms with Gasteiger partial charge >= 0.3 is 23.9 Å². The van der Waals surface area contributed by atoms with Gasteiger partial charge in [-0.1, -0.05) is 231 Å². The van der Waals surface area contributed by atoms with Crippen molar-refractivity contribution in [3.05, 3.63) is 134 Å². The van der Waals surface area contributed by atoms with Crippen LogP contribution in [0.2, 0.25) is 0 Å². The molecule has 1 aliphatic heterocycles. The third-order valence-electron chi connectivity index (χ3n) is 13.7. The molecule has 0 amide bonds.